The van der Waals surface area contributed by atoms with Crippen molar-refractivity contribution in [3.8, 4) is 0 Å². The molecular weight excluding hydrogens is 240 g/mol. The summed E-state index contributed by atoms with van der Waals surface area (Å²) in [5, 5.41) is 8.59. The summed E-state index contributed by atoms with van der Waals surface area (Å²) >= 11 is 0. The fourth-order valence-corrected chi connectivity index (χ4v) is 1.39. The van der Waals surface area contributed by atoms with Crippen LogP contribution in [0.2, 0.25) is 0 Å². The van der Waals surface area contributed by atoms with Gasteiger partial charge in [0.2, 0.25) is 0 Å². The van der Waals surface area contributed by atoms with Crippen molar-refractivity contribution in [1.82, 2.24) is 0 Å². The highest BCUT2D eigenvalue weighted by Crippen LogP contribution is 2.38. The van der Waals surface area contributed by atoms with Gasteiger partial charge < -0.3 is 5.11 Å². The zero-order valence-electron chi connectivity index (χ0n) is 8.83. The van der Waals surface area contributed by atoms with Crippen molar-refractivity contribution in [3.05, 3.63) is 35.4 Å². The molecule has 0 heterocycles. The highest BCUT2D eigenvalue weighted by atomic mass is 19.4. The third-order valence-electron chi connectivity index (χ3n) is 2.39. The monoisotopic (exact) mass is 250 g/mol. The lowest BCUT2D eigenvalue weighted by Crippen LogP contribution is -2.19. The summed E-state index contributed by atoms with van der Waals surface area (Å²) in [7, 11) is 0. The van der Waals surface area contributed by atoms with E-state index in [0.717, 1.165) is 25.1 Å². The van der Waals surface area contributed by atoms with Crippen molar-refractivity contribution in [2.75, 3.05) is 0 Å². The lowest BCUT2D eigenvalue weighted by molar-refractivity contribution is -0.145. The number of alkyl halides is 4. The van der Waals surface area contributed by atoms with E-state index >= 15 is 0 Å². The minimum atomic E-state index is -4.70. The average Bonchev–Trinajstić information content (AvgIpc) is 2.25. The van der Waals surface area contributed by atoms with E-state index in [4.69, 9.17) is 5.11 Å². The van der Waals surface area contributed by atoms with E-state index in [1.807, 2.05) is 0 Å². The van der Waals surface area contributed by atoms with Gasteiger partial charge in [-0.1, -0.05) is 18.2 Å². The molecule has 0 aliphatic rings. The van der Waals surface area contributed by atoms with Crippen LogP contribution in [0.3, 0.4) is 0 Å². The van der Waals surface area contributed by atoms with E-state index in [0.29, 0.717) is 0 Å². The fraction of sp³-hybridized carbons (Fsp3) is 0.364. The van der Waals surface area contributed by atoms with Crippen molar-refractivity contribution in [1.29, 1.82) is 0 Å². The Labute approximate surface area is 94.9 Å². The SMILES string of the molecule is CC(C(=O)O)C(F)c1ccccc1C(F)(F)F. The summed E-state index contributed by atoms with van der Waals surface area (Å²) in [6, 6.07) is 4.06. The molecule has 2 unspecified atom stereocenters. The average molecular weight is 250 g/mol. The molecule has 1 rings (SSSR count). The topological polar surface area (TPSA) is 37.3 Å². The van der Waals surface area contributed by atoms with Crippen molar-refractivity contribution in [3.63, 3.8) is 0 Å². The number of benzene rings is 1. The summed E-state index contributed by atoms with van der Waals surface area (Å²) in [4.78, 5) is 10.6. The molecule has 1 N–H and O–H groups in total. The maximum atomic E-state index is 13.7. The van der Waals surface area contributed by atoms with Gasteiger partial charge in [-0.2, -0.15) is 13.2 Å². The number of hydrogen-bond donors (Lipinski definition) is 1. The number of carboxylic acid groups (broad SMARTS) is 1. The minimum Gasteiger partial charge on any atom is -0.481 e. The molecule has 0 saturated heterocycles. The van der Waals surface area contributed by atoms with Crippen molar-refractivity contribution in [2.45, 2.75) is 19.3 Å². The van der Waals surface area contributed by atoms with Crippen LogP contribution in [-0.4, -0.2) is 11.1 Å². The molecule has 94 valence electrons. The zero-order chi connectivity index (χ0) is 13.2. The van der Waals surface area contributed by atoms with Crippen molar-refractivity contribution in [2.24, 2.45) is 5.92 Å². The van der Waals surface area contributed by atoms with E-state index in [1.165, 1.54) is 6.07 Å². The second kappa shape index (κ2) is 4.73. The predicted molar refractivity (Wildman–Crippen MR) is 52.1 cm³/mol. The number of rotatable bonds is 3. The predicted octanol–water partition coefficient (Wildman–Crippen LogP) is 3.44. The first kappa shape index (κ1) is 13.5. The fourth-order valence-electron chi connectivity index (χ4n) is 1.39. The molecule has 2 atom stereocenters. The van der Waals surface area contributed by atoms with E-state index in [-0.39, 0.29) is 0 Å². The van der Waals surface area contributed by atoms with E-state index < -0.39 is 35.4 Å². The summed E-state index contributed by atoms with van der Waals surface area (Å²) in [6.07, 6.45) is -6.88. The maximum Gasteiger partial charge on any atom is 0.416 e. The Bertz CT molecular complexity index is 414. The van der Waals surface area contributed by atoms with Crippen LogP contribution in [0.1, 0.15) is 24.2 Å². The third-order valence-corrected chi connectivity index (χ3v) is 2.39. The highest BCUT2D eigenvalue weighted by Gasteiger charge is 2.37. The summed E-state index contributed by atoms with van der Waals surface area (Å²) in [6.45, 7) is 1.03. The number of hydrogen-bond acceptors (Lipinski definition) is 1. The molecule has 0 radical (unpaired) electrons. The minimum absolute atomic E-state index is 0.644. The summed E-state index contributed by atoms with van der Waals surface area (Å²) in [5.41, 5.74) is -1.78. The van der Waals surface area contributed by atoms with Crippen LogP contribution in [0.25, 0.3) is 0 Å². The Balaban J connectivity index is 3.18. The van der Waals surface area contributed by atoms with Gasteiger partial charge in [-0.3, -0.25) is 4.79 Å². The molecule has 0 fully saturated rings. The zero-order valence-corrected chi connectivity index (χ0v) is 8.83. The van der Waals surface area contributed by atoms with Crippen LogP contribution in [0.4, 0.5) is 17.6 Å². The number of aliphatic carboxylic acids is 1. The molecule has 0 aliphatic heterocycles. The van der Waals surface area contributed by atoms with Gasteiger partial charge in [-0.05, 0) is 18.6 Å². The van der Waals surface area contributed by atoms with Crippen molar-refractivity contribution < 1.29 is 27.5 Å². The second-order valence-corrected chi connectivity index (χ2v) is 3.61. The molecule has 0 amide bonds. The second-order valence-electron chi connectivity index (χ2n) is 3.61. The lowest BCUT2D eigenvalue weighted by Gasteiger charge is -2.18. The van der Waals surface area contributed by atoms with Crippen LogP contribution < -0.4 is 0 Å². The molecule has 1 aromatic rings. The largest absolute Gasteiger partial charge is 0.481 e. The molecular formula is C11H10F4O2. The van der Waals surface area contributed by atoms with Gasteiger partial charge in [-0.15, -0.1) is 0 Å². The van der Waals surface area contributed by atoms with Gasteiger partial charge in [0, 0.05) is 0 Å². The van der Waals surface area contributed by atoms with Gasteiger partial charge in [0.25, 0.3) is 0 Å². The summed E-state index contributed by atoms with van der Waals surface area (Å²) < 4.78 is 51.4. The van der Waals surface area contributed by atoms with Crippen LogP contribution in [-0.2, 0) is 11.0 Å². The van der Waals surface area contributed by atoms with Crippen LogP contribution in [0, 0.1) is 5.92 Å². The Morgan fingerprint density at radius 2 is 1.82 bits per heavy atom. The normalized spacial score (nSPS) is 15.4. The maximum absolute atomic E-state index is 13.7. The van der Waals surface area contributed by atoms with Gasteiger partial charge in [0.05, 0.1) is 11.5 Å². The molecule has 0 bridgehead atoms. The third kappa shape index (κ3) is 2.95. The molecule has 0 aliphatic carbocycles. The highest BCUT2D eigenvalue weighted by molar-refractivity contribution is 5.70. The van der Waals surface area contributed by atoms with Gasteiger partial charge in [-0.25, -0.2) is 4.39 Å². The molecule has 0 aromatic heterocycles. The Kier molecular flexibility index (Phi) is 3.75. The van der Waals surface area contributed by atoms with Crippen LogP contribution in [0.5, 0.6) is 0 Å². The van der Waals surface area contributed by atoms with Gasteiger partial charge >= 0.3 is 12.1 Å². The van der Waals surface area contributed by atoms with Gasteiger partial charge in [0.1, 0.15) is 6.17 Å². The summed E-state index contributed by atoms with van der Waals surface area (Å²) in [5.74, 6) is -3.01. The van der Waals surface area contributed by atoms with Crippen molar-refractivity contribution >= 4 is 5.97 Å². The molecule has 17 heavy (non-hydrogen) atoms. The number of halogens is 4. The van der Waals surface area contributed by atoms with E-state index in [9.17, 15) is 22.4 Å². The molecule has 2 nitrogen and oxygen atoms in total. The van der Waals surface area contributed by atoms with E-state index in [2.05, 4.69) is 0 Å². The smallest absolute Gasteiger partial charge is 0.416 e. The molecule has 1 aromatic carbocycles. The standard InChI is InChI=1S/C11H10F4O2/c1-6(10(16)17)9(12)7-4-2-3-5-8(7)11(13,14)15/h2-6,9H,1H3,(H,16,17). The first-order chi connectivity index (χ1) is 7.75. The Morgan fingerprint density at radius 3 is 2.29 bits per heavy atom. The molecule has 0 saturated carbocycles. The number of carboxylic acids is 1. The quantitative estimate of drug-likeness (QED) is 0.834. The van der Waals surface area contributed by atoms with E-state index in [1.54, 1.807) is 0 Å². The van der Waals surface area contributed by atoms with Crippen LogP contribution >= 0.6 is 0 Å². The first-order valence-electron chi connectivity index (χ1n) is 4.78. The first-order valence-corrected chi connectivity index (χ1v) is 4.78. The lowest BCUT2D eigenvalue weighted by atomic mass is 9.94. The number of carbonyl (C=O) groups is 1. The Hall–Kier alpha value is -1.59. The molecule has 0 spiro atoms. The van der Waals surface area contributed by atoms with Gasteiger partial charge in [0.15, 0.2) is 0 Å². The Morgan fingerprint density at radius 1 is 1.29 bits per heavy atom. The van der Waals surface area contributed by atoms with Crippen LogP contribution in [0.15, 0.2) is 24.3 Å². The molecule has 6 heteroatoms.